The zero-order valence-electron chi connectivity index (χ0n) is 20.0. The van der Waals surface area contributed by atoms with E-state index in [0.717, 1.165) is 74.4 Å². The van der Waals surface area contributed by atoms with Crippen molar-refractivity contribution in [2.75, 3.05) is 19.6 Å². The molecule has 1 aliphatic heterocycles. The molecule has 2 aliphatic rings. The molecule has 2 amide bonds. The molecule has 0 aromatic carbocycles. The van der Waals surface area contributed by atoms with E-state index in [1.54, 1.807) is 6.20 Å². The van der Waals surface area contributed by atoms with Crippen molar-refractivity contribution in [1.82, 2.24) is 20.5 Å². The van der Waals surface area contributed by atoms with Crippen LogP contribution in [0.3, 0.4) is 0 Å². The van der Waals surface area contributed by atoms with Gasteiger partial charge in [0.15, 0.2) is 0 Å². The van der Waals surface area contributed by atoms with Crippen LogP contribution in [-0.2, 0) is 0 Å². The maximum atomic E-state index is 12.2. The fourth-order valence-electron chi connectivity index (χ4n) is 4.33. The number of fused-ring (bicyclic) bond motifs is 1. The third-order valence-corrected chi connectivity index (χ3v) is 6.17. The van der Waals surface area contributed by atoms with Gasteiger partial charge in [0.25, 0.3) is 0 Å². The largest absolute Gasteiger partial charge is 0.386 e. The number of carbonyl (C=O) groups excluding carboxylic acids is 1. The Hall–Kier alpha value is -2.90. The summed E-state index contributed by atoms with van der Waals surface area (Å²) in [7, 11) is 0. The SMILES string of the molecule is C=C1c2ncccc2/N=C(/N)C/N=C(/CCCC)N1CCCCNC(=O)NC1CCCCC1. The Balaban J connectivity index is 1.58. The summed E-state index contributed by atoms with van der Waals surface area (Å²) in [5.41, 5.74) is 8.37. The molecule has 0 unspecified atom stereocenters. The summed E-state index contributed by atoms with van der Waals surface area (Å²) in [5.74, 6) is 1.45. The quantitative estimate of drug-likeness (QED) is 0.483. The number of aromatic nitrogens is 1. The number of nitrogens with two attached hydrogens (primary N) is 1. The smallest absolute Gasteiger partial charge is 0.315 e. The lowest BCUT2D eigenvalue weighted by Crippen LogP contribution is -2.43. The normalized spacial score (nSPS) is 20.4. The lowest BCUT2D eigenvalue weighted by atomic mass is 9.96. The van der Waals surface area contributed by atoms with Crippen LogP contribution in [0.2, 0.25) is 0 Å². The van der Waals surface area contributed by atoms with Gasteiger partial charge >= 0.3 is 6.03 Å². The molecule has 1 saturated carbocycles. The molecule has 0 atom stereocenters. The molecule has 33 heavy (non-hydrogen) atoms. The molecule has 4 N–H and O–H groups in total. The minimum absolute atomic E-state index is 0.0509. The number of nitrogens with one attached hydrogen (secondary N) is 2. The summed E-state index contributed by atoms with van der Waals surface area (Å²) in [4.78, 5) is 28.2. The first kappa shape index (κ1) is 24.7. The molecule has 180 valence electrons. The molecular weight excluding hydrogens is 414 g/mol. The van der Waals surface area contributed by atoms with Gasteiger partial charge in [-0.25, -0.2) is 9.79 Å². The number of urea groups is 1. The van der Waals surface area contributed by atoms with E-state index in [9.17, 15) is 4.79 Å². The first-order chi connectivity index (χ1) is 16.1. The number of amides is 2. The van der Waals surface area contributed by atoms with Crippen LogP contribution >= 0.6 is 0 Å². The van der Waals surface area contributed by atoms with Gasteiger partial charge in [0, 0.05) is 31.7 Å². The average Bonchev–Trinajstić information content (AvgIpc) is 2.86. The third-order valence-electron chi connectivity index (χ3n) is 6.17. The van der Waals surface area contributed by atoms with Gasteiger partial charge in [-0.3, -0.25) is 9.98 Å². The molecule has 3 rings (SSSR count). The maximum absolute atomic E-state index is 12.2. The van der Waals surface area contributed by atoms with Crippen molar-refractivity contribution in [3.63, 3.8) is 0 Å². The minimum Gasteiger partial charge on any atom is -0.386 e. The van der Waals surface area contributed by atoms with Crippen molar-refractivity contribution in [1.29, 1.82) is 0 Å². The van der Waals surface area contributed by atoms with Crippen LogP contribution in [0.15, 0.2) is 34.9 Å². The molecule has 1 aromatic heterocycles. The molecule has 1 aromatic rings. The van der Waals surface area contributed by atoms with E-state index in [2.05, 4.69) is 39.0 Å². The van der Waals surface area contributed by atoms with E-state index in [1.807, 2.05) is 12.1 Å². The molecule has 8 heteroatoms. The van der Waals surface area contributed by atoms with Crippen LogP contribution in [-0.4, -0.2) is 53.3 Å². The summed E-state index contributed by atoms with van der Waals surface area (Å²) in [6, 6.07) is 4.04. The number of unbranched alkanes of at least 4 members (excludes halogenated alkanes) is 2. The molecule has 2 heterocycles. The number of aliphatic imine (C=N–C) groups is 2. The Morgan fingerprint density at radius 3 is 2.85 bits per heavy atom. The number of nitrogens with zero attached hydrogens (tertiary/aromatic N) is 4. The highest BCUT2D eigenvalue weighted by Crippen LogP contribution is 2.28. The van der Waals surface area contributed by atoms with Crippen LogP contribution in [0.1, 0.15) is 76.8 Å². The van der Waals surface area contributed by atoms with Crippen LogP contribution in [0.25, 0.3) is 5.70 Å². The van der Waals surface area contributed by atoms with E-state index in [-0.39, 0.29) is 6.03 Å². The number of carbonyl (C=O) groups is 1. The Morgan fingerprint density at radius 1 is 1.24 bits per heavy atom. The van der Waals surface area contributed by atoms with Gasteiger partial charge in [-0.05, 0) is 44.2 Å². The number of pyridine rings is 1. The molecular formula is C25H39N7O. The van der Waals surface area contributed by atoms with Crippen molar-refractivity contribution in [3.8, 4) is 0 Å². The minimum atomic E-state index is -0.0509. The highest BCUT2D eigenvalue weighted by atomic mass is 16.2. The van der Waals surface area contributed by atoms with Crippen molar-refractivity contribution in [2.24, 2.45) is 15.7 Å². The second-order valence-electron chi connectivity index (χ2n) is 8.85. The van der Waals surface area contributed by atoms with Gasteiger partial charge < -0.3 is 21.3 Å². The van der Waals surface area contributed by atoms with Gasteiger partial charge in [-0.2, -0.15) is 0 Å². The Kier molecular flexibility index (Phi) is 9.72. The topological polar surface area (TPSA) is 108 Å². The summed E-state index contributed by atoms with van der Waals surface area (Å²) in [6.07, 6.45) is 12.4. The lowest BCUT2D eigenvalue weighted by molar-refractivity contribution is 0.232. The first-order valence-corrected chi connectivity index (χ1v) is 12.4. The summed E-state index contributed by atoms with van der Waals surface area (Å²) >= 11 is 0. The molecule has 8 nitrogen and oxygen atoms in total. The Morgan fingerprint density at radius 2 is 2.06 bits per heavy atom. The van der Waals surface area contributed by atoms with Crippen molar-refractivity contribution in [2.45, 2.75) is 77.2 Å². The van der Waals surface area contributed by atoms with Crippen LogP contribution in [0.5, 0.6) is 0 Å². The van der Waals surface area contributed by atoms with Crippen LogP contribution in [0.4, 0.5) is 10.5 Å². The fraction of sp³-hybridized carbons (Fsp3) is 0.600. The van der Waals surface area contributed by atoms with E-state index >= 15 is 0 Å². The third kappa shape index (κ3) is 7.58. The first-order valence-electron chi connectivity index (χ1n) is 12.4. The fourth-order valence-corrected chi connectivity index (χ4v) is 4.33. The predicted octanol–water partition coefficient (Wildman–Crippen LogP) is 4.36. The molecule has 1 aliphatic carbocycles. The van der Waals surface area contributed by atoms with Gasteiger partial charge in [0.2, 0.25) is 0 Å². The molecule has 0 saturated heterocycles. The predicted molar refractivity (Wildman–Crippen MR) is 136 cm³/mol. The van der Waals surface area contributed by atoms with Gasteiger partial charge in [-0.15, -0.1) is 0 Å². The van der Waals surface area contributed by atoms with Crippen molar-refractivity contribution >= 4 is 29.1 Å². The van der Waals surface area contributed by atoms with Crippen LogP contribution < -0.4 is 16.4 Å². The molecule has 0 radical (unpaired) electrons. The monoisotopic (exact) mass is 453 g/mol. The Bertz CT molecular complexity index is 858. The number of amidine groups is 2. The maximum Gasteiger partial charge on any atom is 0.315 e. The van der Waals surface area contributed by atoms with E-state index < -0.39 is 0 Å². The Labute approximate surface area is 197 Å². The molecule has 0 spiro atoms. The van der Waals surface area contributed by atoms with E-state index in [4.69, 9.17) is 10.7 Å². The summed E-state index contributed by atoms with van der Waals surface area (Å²) in [6.45, 7) is 8.28. The summed E-state index contributed by atoms with van der Waals surface area (Å²) < 4.78 is 0. The molecule has 1 fully saturated rings. The zero-order chi connectivity index (χ0) is 23.5. The second-order valence-corrected chi connectivity index (χ2v) is 8.85. The van der Waals surface area contributed by atoms with Crippen molar-refractivity contribution in [3.05, 3.63) is 30.6 Å². The number of hydrogen-bond donors (Lipinski definition) is 3. The number of hydrogen-bond acceptors (Lipinski definition) is 6. The number of rotatable bonds is 9. The summed E-state index contributed by atoms with van der Waals surface area (Å²) in [5, 5.41) is 6.12. The lowest BCUT2D eigenvalue weighted by Gasteiger charge is -2.28. The average molecular weight is 454 g/mol. The highest BCUT2D eigenvalue weighted by Gasteiger charge is 2.21. The van der Waals surface area contributed by atoms with Crippen molar-refractivity contribution < 1.29 is 4.79 Å². The molecule has 0 bridgehead atoms. The van der Waals surface area contributed by atoms with Crippen LogP contribution in [0, 0.1) is 0 Å². The van der Waals surface area contributed by atoms with Gasteiger partial charge in [-0.1, -0.05) is 39.2 Å². The second kappa shape index (κ2) is 13.0. The van der Waals surface area contributed by atoms with Gasteiger partial charge in [0.1, 0.15) is 17.4 Å². The standard InChI is InChI=1S/C25H39N7O/c1-3-4-14-23-29-18-22(26)31-21-13-10-16-27-24(21)19(2)32(23)17-9-8-15-28-25(33)30-20-11-6-5-7-12-20/h10,13,16,20H,2-9,11-12,14-15,17-18H2,1H3,(H2,26,31)(H2,28,30,33)/b29-23-. The van der Waals surface area contributed by atoms with Gasteiger partial charge in [0.05, 0.1) is 17.9 Å². The highest BCUT2D eigenvalue weighted by molar-refractivity contribution is 5.96. The van der Waals surface area contributed by atoms with E-state index in [0.29, 0.717) is 25.0 Å². The zero-order valence-corrected chi connectivity index (χ0v) is 20.0. The van der Waals surface area contributed by atoms with E-state index in [1.165, 1.54) is 19.3 Å².